The second-order valence-corrected chi connectivity index (χ2v) is 0.778. The molecule has 0 spiro atoms. The monoisotopic (exact) mass is 109 g/mol. The van der Waals surface area contributed by atoms with Crippen molar-refractivity contribution in [2.45, 2.75) is 6.48 Å². The predicted molar refractivity (Wildman–Crippen MR) is 22.0 cm³/mol. The molecule has 0 saturated heterocycles. The van der Waals surface area contributed by atoms with E-state index in [-0.39, 0.29) is 5.48 Å². The van der Waals surface area contributed by atoms with E-state index in [1.165, 1.54) is 14.2 Å². The molecule has 0 fully saturated rings. The highest BCUT2D eigenvalue weighted by molar-refractivity contribution is 4.00. The molecule has 0 atom stereocenters. The predicted octanol–water partition coefficient (Wildman–Crippen LogP) is -0.622. The maximum atomic E-state index is 8.22. The van der Waals surface area contributed by atoms with Crippen LogP contribution in [0, 0.1) is 0 Å². The summed E-state index contributed by atoms with van der Waals surface area (Å²) in [6.45, 7) is -1.06. The van der Waals surface area contributed by atoms with Gasteiger partial charge in [0.25, 0.3) is 6.48 Å². The van der Waals surface area contributed by atoms with Crippen molar-refractivity contribution in [3.63, 3.8) is 0 Å². The fraction of sp³-hybridized carbons (Fsp3) is 1.00. The molecule has 4 heteroatoms. The fourth-order valence-corrected chi connectivity index (χ4v) is 0.0962. The summed E-state index contributed by atoms with van der Waals surface area (Å²) in [5.74, 6) is 0. The van der Waals surface area contributed by atoms with Crippen molar-refractivity contribution >= 4 is 0 Å². The third kappa shape index (κ3) is 5.84. The molecule has 2 N–H and O–H groups in total. The Morgan fingerprint density at radius 3 is 1.57 bits per heavy atom. The van der Waals surface area contributed by atoms with Gasteiger partial charge >= 0.3 is 0 Å². The maximum Gasteiger partial charge on any atom is 0.268 e. The second-order valence-electron chi connectivity index (χ2n) is 0.778. The van der Waals surface area contributed by atoms with Gasteiger partial charge in [0.05, 0.1) is 0 Å². The highest BCUT2D eigenvalue weighted by atomic mass is 16.8. The molecule has 0 aromatic carbocycles. The first-order valence-electron chi connectivity index (χ1n) is 1.55. The Hall–Kier alpha value is -0.160. The molecule has 0 amide bonds. The van der Waals surface area contributed by atoms with Gasteiger partial charge in [-0.3, -0.25) is 5.48 Å². The van der Waals surface area contributed by atoms with Crippen molar-refractivity contribution in [2.24, 2.45) is 0 Å². The smallest absolute Gasteiger partial charge is 0.268 e. The van der Waals surface area contributed by atoms with Gasteiger partial charge < -0.3 is 14.6 Å². The van der Waals surface area contributed by atoms with Crippen molar-refractivity contribution in [3.8, 4) is 0 Å². The third-order valence-corrected chi connectivity index (χ3v) is 0.403. The summed E-state index contributed by atoms with van der Waals surface area (Å²) in [4.78, 5) is 0. The molecule has 0 aliphatic rings. The normalized spacial score (nSPS) is 8.57. The standard InChI is InChI=1S/C3H8O3.HO/c1-5-3(4)6-2;/h3-4H,1-2H3;1H. The Morgan fingerprint density at radius 2 is 1.57 bits per heavy atom. The van der Waals surface area contributed by atoms with Crippen LogP contribution in [0.25, 0.3) is 0 Å². The van der Waals surface area contributed by atoms with E-state index in [1.54, 1.807) is 0 Å². The molecule has 1 radical (unpaired) electrons. The van der Waals surface area contributed by atoms with E-state index in [9.17, 15) is 0 Å². The molecule has 0 rings (SSSR count). The zero-order valence-corrected chi connectivity index (χ0v) is 4.29. The van der Waals surface area contributed by atoms with E-state index in [0.29, 0.717) is 0 Å². The van der Waals surface area contributed by atoms with Crippen molar-refractivity contribution in [2.75, 3.05) is 14.2 Å². The van der Waals surface area contributed by atoms with Crippen LogP contribution >= 0.6 is 0 Å². The van der Waals surface area contributed by atoms with Crippen LogP contribution in [-0.4, -0.2) is 31.3 Å². The van der Waals surface area contributed by atoms with Crippen LogP contribution in [0.3, 0.4) is 0 Å². The molecule has 0 aromatic rings. The Kier molecular flexibility index (Phi) is 8.31. The molecular weight excluding hydrogens is 100 g/mol. The second kappa shape index (κ2) is 5.84. The van der Waals surface area contributed by atoms with Gasteiger partial charge in [0, 0.05) is 14.2 Å². The van der Waals surface area contributed by atoms with Crippen LogP contribution in [0.4, 0.5) is 0 Å². The third-order valence-electron chi connectivity index (χ3n) is 0.403. The van der Waals surface area contributed by atoms with Crippen LogP contribution < -0.4 is 0 Å². The van der Waals surface area contributed by atoms with Crippen LogP contribution in [0.2, 0.25) is 0 Å². The van der Waals surface area contributed by atoms with E-state index in [2.05, 4.69) is 9.47 Å². The molecule has 0 aliphatic heterocycles. The van der Waals surface area contributed by atoms with Crippen molar-refractivity contribution in [3.05, 3.63) is 0 Å². The number of ether oxygens (including phenoxy) is 2. The highest BCUT2D eigenvalue weighted by Crippen LogP contribution is 1.78. The molecular formula is C3H9O4. The first-order chi connectivity index (χ1) is 2.81. The summed E-state index contributed by atoms with van der Waals surface area (Å²) in [6.07, 6.45) is 0. The first kappa shape index (κ1) is 9.96. The van der Waals surface area contributed by atoms with Gasteiger partial charge in [-0.25, -0.2) is 0 Å². The zero-order valence-electron chi connectivity index (χ0n) is 4.29. The highest BCUT2D eigenvalue weighted by Gasteiger charge is 1.90. The van der Waals surface area contributed by atoms with Crippen LogP contribution in [-0.2, 0) is 9.47 Å². The van der Waals surface area contributed by atoms with Crippen LogP contribution in [0.15, 0.2) is 0 Å². The lowest BCUT2D eigenvalue weighted by Crippen LogP contribution is -2.09. The van der Waals surface area contributed by atoms with E-state index in [4.69, 9.17) is 5.11 Å². The lowest BCUT2D eigenvalue weighted by Gasteiger charge is -2.01. The van der Waals surface area contributed by atoms with E-state index in [0.717, 1.165) is 0 Å². The summed E-state index contributed by atoms with van der Waals surface area (Å²) in [7, 11) is 2.71. The SMILES string of the molecule is COC(O)OC.[OH]. The lowest BCUT2D eigenvalue weighted by atomic mass is 11.2. The molecule has 0 bridgehead atoms. The molecule has 0 saturated carbocycles. The molecule has 0 unspecified atom stereocenters. The Labute approximate surface area is 42.0 Å². The van der Waals surface area contributed by atoms with Crippen molar-refractivity contribution < 1.29 is 20.1 Å². The number of hydrogen-bond acceptors (Lipinski definition) is 3. The van der Waals surface area contributed by atoms with Crippen molar-refractivity contribution in [1.82, 2.24) is 0 Å². The van der Waals surface area contributed by atoms with Gasteiger partial charge in [0.1, 0.15) is 0 Å². The topological polar surface area (TPSA) is 68.7 Å². The molecule has 0 aliphatic carbocycles. The van der Waals surface area contributed by atoms with E-state index < -0.39 is 6.48 Å². The Morgan fingerprint density at radius 1 is 1.29 bits per heavy atom. The lowest BCUT2D eigenvalue weighted by molar-refractivity contribution is -0.236. The largest absolute Gasteiger partial charge is 0.346 e. The van der Waals surface area contributed by atoms with Gasteiger partial charge in [-0.1, -0.05) is 0 Å². The molecule has 0 aromatic heterocycles. The minimum absolute atomic E-state index is 0. The minimum Gasteiger partial charge on any atom is -0.346 e. The van der Waals surface area contributed by atoms with Gasteiger partial charge in [0.2, 0.25) is 0 Å². The Bertz CT molecular complexity index is 26.1. The van der Waals surface area contributed by atoms with Gasteiger partial charge in [-0.05, 0) is 0 Å². The number of rotatable bonds is 2. The quantitative estimate of drug-likeness (QED) is 0.464. The maximum absolute atomic E-state index is 8.22. The fourth-order valence-electron chi connectivity index (χ4n) is 0.0962. The summed E-state index contributed by atoms with van der Waals surface area (Å²) in [6, 6.07) is 0. The van der Waals surface area contributed by atoms with Crippen LogP contribution in [0.5, 0.6) is 0 Å². The van der Waals surface area contributed by atoms with Gasteiger partial charge in [0.15, 0.2) is 0 Å². The minimum atomic E-state index is -1.06. The van der Waals surface area contributed by atoms with E-state index >= 15 is 0 Å². The first-order valence-corrected chi connectivity index (χ1v) is 1.55. The number of aliphatic hydroxyl groups is 1. The number of methoxy groups -OCH3 is 2. The van der Waals surface area contributed by atoms with E-state index in [1.807, 2.05) is 0 Å². The van der Waals surface area contributed by atoms with Crippen LogP contribution in [0.1, 0.15) is 0 Å². The summed E-state index contributed by atoms with van der Waals surface area (Å²) in [5.41, 5.74) is 0. The number of hydrogen-bond donors (Lipinski definition) is 2. The molecule has 45 valence electrons. The summed E-state index contributed by atoms with van der Waals surface area (Å²) < 4.78 is 8.47. The zero-order chi connectivity index (χ0) is 4.99. The summed E-state index contributed by atoms with van der Waals surface area (Å²) in [5, 5.41) is 8.22. The number of aliphatic hydroxyl groups excluding tert-OH is 1. The average molecular weight is 109 g/mol. The molecule has 4 nitrogen and oxygen atoms in total. The molecule has 0 heterocycles. The Balaban J connectivity index is 0. The van der Waals surface area contributed by atoms with Gasteiger partial charge in [-0.15, -0.1) is 0 Å². The van der Waals surface area contributed by atoms with Crippen molar-refractivity contribution in [1.29, 1.82) is 0 Å². The molecule has 7 heavy (non-hydrogen) atoms. The summed E-state index contributed by atoms with van der Waals surface area (Å²) >= 11 is 0. The average Bonchev–Trinajstić information content (AvgIpc) is 1.65. The van der Waals surface area contributed by atoms with Gasteiger partial charge in [-0.2, -0.15) is 0 Å².